The minimum Gasteiger partial charge on any atom is -0.481 e. The molecule has 2 rings (SSSR count). The number of para-hydroxylation sites is 1. The predicted molar refractivity (Wildman–Crippen MR) is 152 cm³/mol. The smallest absolute Gasteiger partial charge is 0.326 e. The Bertz CT molecular complexity index is 1250. The molecule has 4 unspecified atom stereocenters. The summed E-state index contributed by atoms with van der Waals surface area (Å²) in [6.07, 6.45) is 2.55. The Balaban J connectivity index is 2.17. The van der Waals surface area contributed by atoms with Crippen molar-refractivity contribution in [2.75, 3.05) is 12.0 Å². The van der Waals surface area contributed by atoms with E-state index in [1.807, 2.05) is 12.1 Å². The van der Waals surface area contributed by atoms with Crippen LogP contribution in [0.25, 0.3) is 10.9 Å². The van der Waals surface area contributed by atoms with Gasteiger partial charge in [0.25, 0.3) is 0 Å². The van der Waals surface area contributed by atoms with Crippen molar-refractivity contribution in [2.24, 2.45) is 11.5 Å². The lowest BCUT2D eigenvalue weighted by atomic mass is 10.0. The quantitative estimate of drug-likeness (QED) is 0.110. The van der Waals surface area contributed by atoms with E-state index < -0.39 is 66.2 Å². The van der Waals surface area contributed by atoms with Crippen molar-refractivity contribution < 1.29 is 39.0 Å². The number of carbonyl (C=O) groups excluding carboxylic acids is 4. The van der Waals surface area contributed by atoms with Crippen molar-refractivity contribution in [3.8, 4) is 0 Å². The molecule has 0 saturated carbocycles. The number of aromatic amines is 1. The van der Waals surface area contributed by atoms with Crippen LogP contribution in [0.5, 0.6) is 0 Å². The zero-order valence-corrected chi connectivity index (χ0v) is 23.4. The number of hydrogen-bond acceptors (Lipinski definition) is 8. The number of rotatable bonds is 18. The Morgan fingerprint density at radius 1 is 0.878 bits per heavy atom. The van der Waals surface area contributed by atoms with Gasteiger partial charge in [-0.2, -0.15) is 11.8 Å². The zero-order chi connectivity index (χ0) is 30.5. The molecule has 1 aromatic heterocycles. The van der Waals surface area contributed by atoms with Gasteiger partial charge in [-0.1, -0.05) is 18.2 Å². The van der Waals surface area contributed by atoms with Crippen LogP contribution in [0.2, 0.25) is 0 Å². The second kappa shape index (κ2) is 16.2. The van der Waals surface area contributed by atoms with E-state index in [-0.39, 0.29) is 32.1 Å². The van der Waals surface area contributed by atoms with E-state index in [1.165, 1.54) is 11.8 Å². The van der Waals surface area contributed by atoms with Gasteiger partial charge >= 0.3 is 11.9 Å². The summed E-state index contributed by atoms with van der Waals surface area (Å²) in [7, 11) is 0. The van der Waals surface area contributed by atoms with Crippen LogP contribution in [0.3, 0.4) is 0 Å². The average molecular weight is 593 g/mol. The normalized spacial score (nSPS) is 13.9. The van der Waals surface area contributed by atoms with Gasteiger partial charge in [-0.25, -0.2) is 4.79 Å². The lowest BCUT2D eigenvalue weighted by Gasteiger charge is -2.25. The first-order chi connectivity index (χ1) is 19.4. The number of aromatic nitrogens is 1. The molecule has 4 atom stereocenters. The van der Waals surface area contributed by atoms with Crippen molar-refractivity contribution in [3.05, 3.63) is 36.0 Å². The minimum atomic E-state index is -1.40. The third-order valence-electron chi connectivity index (χ3n) is 6.28. The zero-order valence-electron chi connectivity index (χ0n) is 22.6. The number of benzene rings is 1. The topological polar surface area (TPSA) is 247 Å². The number of thioether (sulfide) groups is 1. The van der Waals surface area contributed by atoms with Crippen LogP contribution in [-0.4, -0.2) is 86.9 Å². The van der Waals surface area contributed by atoms with Crippen molar-refractivity contribution in [3.63, 3.8) is 0 Å². The number of nitrogens with two attached hydrogens (primary N) is 2. The molecule has 1 aromatic carbocycles. The second-order valence-electron chi connectivity index (χ2n) is 9.41. The third-order valence-corrected chi connectivity index (χ3v) is 6.92. The van der Waals surface area contributed by atoms with Gasteiger partial charge in [-0.15, -0.1) is 0 Å². The van der Waals surface area contributed by atoms with Crippen molar-refractivity contribution in [1.29, 1.82) is 0 Å². The molecule has 0 radical (unpaired) electrons. The number of aliphatic carboxylic acids is 2. The number of carboxylic acids is 2. The van der Waals surface area contributed by atoms with Crippen LogP contribution >= 0.6 is 11.8 Å². The number of hydrogen-bond donors (Lipinski definition) is 8. The molecule has 15 heteroatoms. The summed E-state index contributed by atoms with van der Waals surface area (Å²) in [6, 6.07) is 2.22. The number of primary amides is 1. The van der Waals surface area contributed by atoms with Gasteiger partial charge in [0, 0.05) is 36.4 Å². The molecule has 10 N–H and O–H groups in total. The number of fused-ring (bicyclic) bond motifs is 1. The number of H-pyrrole nitrogens is 1. The maximum atomic E-state index is 13.2. The van der Waals surface area contributed by atoms with Crippen molar-refractivity contribution in [1.82, 2.24) is 20.9 Å². The Labute approximate surface area is 240 Å². The van der Waals surface area contributed by atoms with Gasteiger partial charge in [0.1, 0.15) is 18.1 Å². The van der Waals surface area contributed by atoms with Crippen LogP contribution in [-0.2, 0) is 35.2 Å². The SMILES string of the molecule is CSCCC(NC(=O)C(N)CCC(N)=O)C(=O)NC(CCC(=O)O)C(=O)NC(Cc1c[nH]c2ccccc12)C(=O)O. The summed E-state index contributed by atoms with van der Waals surface area (Å²) in [4.78, 5) is 76.2. The van der Waals surface area contributed by atoms with Crippen LogP contribution in [0, 0.1) is 0 Å². The Kier molecular flexibility index (Phi) is 13.1. The van der Waals surface area contributed by atoms with E-state index in [4.69, 9.17) is 16.6 Å². The van der Waals surface area contributed by atoms with E-state index in [0.29, 0.717) is 11.3 Å². The van der Waals surface area contributed by atoms with Crippen LogP contribution < -0.4 is 27.4 Å². The Morgan fingerprint density at radius 3 is 2.10 bits per heavy atom. The predicted octanol–water partition coefficient (Wildman–Crippen LogP) is -0.540. The second-order valence-corrected chi connectivity index (χ2v) is 10.4. The van der Waals surface area contributed by atoms with E-state index in [2.05, 4.69) is 20.9 Å². The highest BCUT2D eigenvalue weighted by atomic mass is 32.2. The molecule has 1 heterocycles. The lowest BCUT2D eigenvalue weighted by molar-refractivity contribution is -0.143. The standard InChI is InChI=1S/C26H36N6O8S/c1-41-11-10-19(30-23(36)16(27)6-8-21(28)33)25(38)31-18(7-9-22(34)35)24(37)32-20(26(39)40)12-14-13-29-17-5-3-2-4-15(14)17/h2-5,13,16,18-20,29H,6-12,27H2,1H3,(H2,28,33)(H,30,36)(H,31,38)(H,32,37)(H,34,35)(H,39,40). The van der Waals surface area contributed by atoms with E-state index >= 15 is 0 Å². The van der Waals surface area contributed by atoms with Gasteiger partial charge in [-0.3, -0.25) is 24.0 Å². The highest BCUT2D eigenvalue weighted by molar-refractivity contribution is 7.98. The summed E-state index contributed by atoms with van der Waals surface area (Å²) < 4.78 is 0. The van der Waals surface area contributed by atoms with Gasteiger partial charge in [0.2, 0.25) is 23.6 Å². The molecular weight excluding hydrogens is 556 g/mol. The van der Waals surface area contributed by atoms with Crippen molar-refractivity contribution >= 4 is 58.2 Å². The molecule has 0 bridgehead atoms. The first-order valence-corrected chi connectivity index (χ1v) is 14.3. The molecule has 0 aliphatic carbocycles. The monoisotopic (exact) mass is 592 g/mol. The van der Waals surface area contributed by atoms with E-state index in [0.717, 1.165) is 10.9 Å². The first-order valence-electron chi connectivity index (χ1n) is 12.9. The van der Waals surface area contributed by atoms with Gasteiger partial charge in [0.15, 0.2) is 0 Å². The molecule has 4 amide bonds. The number of nitrogens with one attached hydrogen (secondary N) is 4. The molecule has 0 aliphatic rings. The summed E-state index contributed by atoms with van der Waals surface area (Å²) >= 11 is 1.40. The third kappa shape index (κ3) is 10.8. The summed E-state index contributed by atoms with van der Waals surface area (Å²) in [5.74, 6) is -5.10. The van der Waals surface area contributed by atoms with Gasteiger partial charge < -0.3 is 42.6 Å². The molecule has 0 saturated heterocycles. The van der Waals surface area contributed by atoms with Gasteiger partial charge in [-0.05, 0) is 42.9 Å². The van der Waals surface area contributed by atoms with Crippen molar-refractivity contribution in [2.45, 2.75) is 62.7 Å². The molecule has 0 aliphatic heterocycles. The van der Waals surface area contributed by atoms with Crippen LogP contribution in [0.15, 0.2) is 30.5 Å². The Hall–Kier alpha value is -4.11. The van der Waals surface area contributed by atoms with E-state index in [1.54, 1.807) is 24.6 Å². The van der Waals surface area contributed by atoms with Crippen LogP contribution in [0.4, 0.5) is 0 Å². The summed E-state index contributed by atoms with van der Waals surface area (Å²) in [5, 5.41) is 27.1. The average Bonchev–Trinajstić information content (AvgIpc) is 3.33. The number of amides is 4. The maximum Gasteiger partial charge on any atom is 0.326 e. The minimum absolute atomic E-state index is 0.0331. The fraction of sp³-hybridized carbons (Fsp3) is 0.462. The highest BCUT2D eigenvalue weighted by Gasteiger charge is 2.31. The molecule has 224 valence electrons. The largest absolute Gasteiger partial charge is 0.481 e. The van der Waals surface area contributed by atoms with Gasteiger partial charge in [0.05, 0.1) is 6.04 Å². The van der Waals surface area contributed by atoms with Crippen LogP contribution in [0.1, 0.15) is 37.7 Å². The lowest BCUT2D eigenvalue weighted by Crippen LogP contribution is -2.57. The molecule has 14 nitrogen and oxygen atoms in total. The fourth-order valence-electron chi connectivity index (χ4n) is 4.01. The first kappa shape index (κ1) is 33.1. The maximum absolute atomic E-state index is 13.2. The fourth-order valence-corrected chi connectivity index (χ4v) is 4.49. The van der Waals surface area contributed by atoms with E-state index in [9.17, 15) is 33.9 Å². The number of carboxylic acid groups (broad SMARTS) is 2. The molecule has 0 spiro atoms. The Morgan fingerprint density at radius 2 is 1.49 bits per heavy atom. The summed E-state index contributed by atoms with van der Waals surface area (Å²) in [6.45, 7) is 0. The molecule has 2 aromatic rings. The molecule has 0 fully saturated rings. The number of carbonyl (C=O) groups is 6. The summed E-state index contributed by atoms with van der Waals surface area (Å²) in [5.41, 5.74) is 12.3. The highest BCUT2D eigenvalue weighted by Crippen LogP contribution is 2.19. The molecular formula is C26H36N6O8S. The molecule has 41 heavy (non-hydrogen) atoms.